The largest absolute Gasteiger partial charge is 0.394 e. The fraction of sp³-hybridized carbons (Fsp3) is 0.883. The maximum Gasteiger partial charge on any atom is 0.220 e. The lowest BCUT2D eigenvalue weighted by Crippen LogP contribution is -2.65. The van der Waals surface area contributed by atoms with Crippen LogP contribution in [0.4, 0.5) is 0 Å². The van der Waals surface area contributed by atoms with Gasteiger partial charge in [-0.05, 0) is 51.4 Å². The van der Waals surface area contributed by atoms with Gasteiger partial charge in [-0.2, -0.15) is 0 Å². The molecule has 1 amide bonds. The summed E-state index contributed by atoms with van der Waals surface area (Å²) in [5, 5.41) is 87.8. The highest BCUT2D eigenvalue weighted by atomic mass is 16.7. The molecule has 0 aromatic carbocycles. The highest BCUT2D eigenvalue weighted by Gasteiger charge is 2.51. The first kappa shape index (κ1) is 85.0. The van der Waals surface area contributed by atoms with Crippen LogP contribution in [-0.4, -0.2) is 140 Å². The Morgan fingerprint density at radius 2 is 0.758 bits per heavy atom. The smallest absolute Gasteiger partial charge is 0.220 e. The van der Waals surface area contributed by atoms with Crippen LogP contribution >= 0.6 is 0 Å². The molecule has 2 saturated heterocycles. The van der Waals surface area contributed by atoms with Crippen LogP contribution in [0.2, 0.25) is 0 Å². The van der Waals surface area contributed by atoms with Crippen LogP contribution in [0, 0.1) is 0 Å². The maximum atomic E-state index is 13.4. The third-order valence-corrected chi connectivity index (χ3v) is 18.8. The molecule has 12 atom stereocenters. The van der Waals surface area contributed by atoms with Crippen LogP contribution < -0.4 is 5.32 Å². The van der Waals surface area contributed by atoms with Crippen molar-refractivity contribution >= 4 is 5.91 Å². The van der Waals surface area contributed by atoms with E-state index in [1.165, 1.54) is 238 Å². The van der Waals surface area contributed by atoms with Crippen molar-refractivity contribution in [2.75, 3.05) is 19.8 Å². The number of carbonyl (C=O) groups is 1. The van der Waals surface area contributed by atoms with Gasteiger partial charge in [-0.3, -0.25) is 4.79 Å². The molecule has 2 rings (SSSR count). The van der Waals surface area contributed by atoms with Crippen molar-refractivity contribution in [3.8, 4) is 0 Å². The van der Waals surface area contributed by atoms with Crippen LogP contribution in [-0.2, 0) is 23.7 Å². The molecule has 0 saturated carbocycles. The van der Waals surface area contributed by atoms with Crippen LogP contribution in [0.25, 0.3) is 0 Å². The minimum absolute atomic E-state index is 0.200. The first-order valence-electron chi connectivity index (χ1n) is 38.4. The average Bonchev–Trinajstić information content (AvgIpc) is 1.28. The van der Waals surface area contributed by atoms with Crippen molar-refractivity contribution in [1.29, 1.82) is 0 Å². The third kappa shape index (κ3) is 45.2. The number of aliphatic hydroxyl groups is 8. The number of allylic oxidation sites excluding steroid dienone is 8. The summed E-state index contributed by atoms with van der Waals surface area (Å²) in [7, 11) is 0. The quantitative estimate of drug-likeness (QED) is 0.0204. The summed E-state index contributed by atoms with van der Waals surface area (Å²) in [6, 6.07) is -0.829. The van der Waals surface area contributed by atoms with E-state index in [2.05, 4.69) is 67.8 Å². The third-order valence-electron chi connectivity index (χ3n) is 18.8. The number of unbranched alkanes of at least 4 members (excludes halogenated alkanes) is 43. The summed E-state index contributed by atoms with van der Waals surface area (Å²) in [5.74, 6) is -0.200. The van der Waals surface area contributed by atoms with Crippen molar-refractivity contribution in [2.45, 2.75) is 415 Å². The number of hydrogen-bond donors (Lipinski definition) is 9. The number of rotatable bonds is 64. The summed E-state index contributed by atoms with van der Waals surface area (Å²) in [5.41, 5.74) is 0. The van der Waals surface area contributed by atoms with Crippen molar-refractivity contribution < 1.29 is 64.6 Å². The maximum absolute atomic E-state index is 13.4. The van der Waals surface area contributed by atoms with Crippen molar-refractivity contribution in [3.05, 3.63) is 48.6 Å². The zero-order valence-electron chi connectivity index (χ0n) is 58.3. The van der Waals surface area contributed by atoms with E-state index in [1.807, 2.05) is 0 Å². The summed E-state index contributed by atoms with van der Waals surface area (Å²) in [6.45, 7) is 2.81. The van der Waals surface area contributed by atoms with Gasteiger partial charge in [-0.25, -0.2) is 0 Å². The normalized spacial score (nSPS) is 23.0. The van der Waals surface area contributed by atoms with Crippen molar-refractivity contribution in [1.82, 2.24) is 5.32 Å². The molecule has 14 heteroatoms. The van der Waals surface area contributed by atoms with Gasteiger partial charge in [0.15, 0.2) is 12.6 Å². The molecule has 2 heterocycles. The predicted molar refractivity (Wildman–Crippen MR) is 374 cm³/mol. The fourth-order valence-electron chi connectivity index (χ4n) is 12.8. The lowest BCUT2D eigenvalue weighted by Gasteiger charge is -2.46. The van der Waals surface area contributed by atoms with Crippen LogP contribution in [0.5, 0.6) is 0 Å². The molecule has 9 N–H and O–H groups in total. The Bertz CT molecular complexity index is 1710. The van der Waals surface area contributed by atoms with Gasteiger partial charge in [0.1, 0.15) is 48.8 Å². The van der Waals surface area contributed by atoms with E-state index in [1.54, 1.807) is 0 Å². The van der Waals surface area contributed by atoms with Crippen molar-refractivity contribution in [2.24, 2.45) is 0 Å². The van der Waals surface area contributed by atoms with Crippen LogP contribution in [0.3, 0.4) is 0 Å². The number of carbonyl (C=O) groups excluding carboxylic acids is 1. The molecule has 534 valence electrons. The lowest BCUT2D eigenvalue weighted by molar-refractivity contribution is -0.359. The van der Waals surface area contributed by atoms with Gasteiger partial charge in [0.2, 0.25) is 5.91 Å². The fourth-order valence-corrected chi connectivity index (χ4v) is 12.8. The first-order valence-corrected chi connectivity index (χ1v) is 38.4. The molecule has 0 radical (unpaired) electrons. The Hall–Kier alpha value is -2.05. The zero-order chi connectivity index (χ0) is 65.9. The highest BCUT2D eigenvalue weighted by Crippen LogP contribution is 2.30. The van der Waals surface area contributed by atoms with Gasteiger partial charge in [0.05, 0.1) is 32.0 Å². The number of aliphatic hydroxyl groups excluding tert-OH is 8. The summed E-state index contributed by atoms with van der Waals surface area (Å²) in [4.78, 5) is 13.4. The van der Waals surface area contributed by atoms with E-state index in [0.29, 0.717) is 12.8 Å². The van der Waals surface area contributed by atoms with Gasteiger partial charge in [0, 0.05) is 6.42 Å². The SMILES string of the molecule is CC/C=C\C/C=C\C/C=C\C/C=C\CCCCCCCCCCCCCCCCCCCCCCC(=O)NC(COC1OC(CO)C(OC2OC(CO)C(O)C(O)C2O)C(O)C1O)C(O)CCCCCCCCCCCCCCCCCCCCCCCCCC. The van der Waals surface area contributed by atoms with Gasteiger partial charge < -0.3 is 65.1 Å². The molecular weight excluding hydrogens is 1150 g/mol. The monoisotopic (exact) mass is 1290 g/mol. The van der Waals surface area contributed by atoms with E-state index in [-0.39, 0.29) is 12.5 Å². The molecule has 0 aliphatic carbocycles. The standard InChI is InChI=1S/C77H143NO13/c1-3-5-7-9-11-13-15-17-19-21-23-25-27-29-30-31-32-33-34-35-36-37-39-41-43-45-47-49-51-53-55-57-59-61-69(82)78-65(64-88-76-74(87)72(85)75(68(63-80)90-76)91-77-73(86)71(84)70(83)67(62-79)89-77)66(81)60-58-56-54-52-50-48-46-44-42-40-38-28-26-24-22-20-18-16-14-12-10-8-6-4-2/h5,7,11,13,17,19,23,25,65-68,70-77,79-81,83-87H,3-4,6,8-10,12,14-16,18,20-22,24,26-64H2,1-2H3,(H,78,82)/b7-5-,13-11-,19-17-,25-23-. The molecule has 0 aromatic heterocycles. The minimum atomic E-state index is -1.78. The van der Waals surface area contributed by atoms with Crippen LogP contribution in [0.1, 0.15) is 341 Å². The van der Waals surface area contributed by atoms with E-state index in [4.69, 9.17) is 18.9 Å². The summed E-state index contributed by atoms with van der Waals surface area (Å²) < 4.78 is 23.0. The van der Waals surface area contributed by atoms with E-state index >= 15 is 0 Å². The second kappa shape index (κ2) is 61.5. The summed E-state index contributed by atoms with van der Waals surface area (Å²) in [6.07, 6.45) is 64.2. The molecule has 14 nitrogen and oxygen atoms in total. The van der Waals surface area contributed by atoms with Crippen LogP contribution in [0.15, 0.2) is 48.6 Å². The van der Waals surface area contributed by atoms with E-state index in [0.717, 1.165) is 77.0 Å². The molecule has 2 aliphatic heterocycles. The molecule has 91 heavy (non-hydrogen) atoms. The average molecular weight is 1290 g/mol. The van der Waals surface area contributed by atoms with E-state index in [9.17, 15) is 45.6 Å². The number of amides is 1. The molecule has 0 bridgehead atoms. The minimum Gasteiger partial charge on any atom is -0.394 e. The molecule has 2 fully saturated rings. The lowest BCUT2D eigenvalue weighted by atomic mass is 9.97. The number of nitrogens with one attached hydrogen (secondary N) is 1. The molecule has 12 unspecified atom stereocenters. The molecular formula is C77H143NO13. The molecule has 2 aliphatic rings. The number of ether oxygens (including phenoxy) is 4. The Morgan fingerprint density at radius 1 is 0.407 bits per heavy atom. The highest BCUT2D eigenvalue weighted by molar-refractivity contribution is 5.76. The first-order chi connectivity index (χ1) is 44.6. The van der Waals surface area contributed by atoms with Gasteiger partial charge in [0.25, 0.3) is 0 Å². The second-order valence-corrected chi connectivity index (χ2v) is 27.1. The second-order valence-electron chi connectivity index (χ2n) is 27.1. The Morgan fingerprint density at radius 3 is 1.16 bits per heavy atom. The predicted octanol–water partition coefficient (Wildman–Crippen LogP) is 16.6. The van der Waals surface area contributed by atoms with Gasteiger partial charge in [-0.1, -0.05) is 332 Å². The molecule has 0 aromatic rings. The van der Waals surface area contributed by atoms with Gasteiger partial charge in [-0.15, -0.1) is 0 Å². The summed E-state index contributed by atoms with van der Waals surface area (Å²) >= 11 is 0. The Kier molecular flexibility index (Phi) is 57.5. The molecule has 0 spiro atoms. The Balaban J connectivity index is 1.61. The van der Waals surface area contributed by atoms with Crippen molar-refractivity contribution in [3.63, 3.8) is 0 Å². The number of hydrogen-bond acceptors (Lipinski definition) is 13. The zero-order valence-corrected chi connectivity index (χ0v) is 58.3. The Labute approximate surface area is 556 Å². The van der Waals surface area contributed by atoms with E-state index < -0.39 is 86.8 Å². The van der Waals surface area contributed by atoms with Gasteiger partial charge >= 0.3 is 0 Å². The topological polar surface area (TPSA) is 228 Å².